The number of aromatic nitrogens is 1. The van der Waals surface area contributed by atoms with Crippen molar-refractivity contribution in [2.24, 2.45) is 9.63 Å². The van der Waals surface area contributed by atoms with Crippen LogP contribution >= 0.6 is 0 Å². The van der Waals surface area contributed by atoms with E-state index in [1.165, 1.54) is 0 Å². The summed E-state index contributed by atoms with van der Waals surface area (Å²) in [5.41, 5.74) is 2.40. The van der Waals surface area contributed by atoms with Crippen LogP contribution in [0.4, 0.5) is 5.69 Å². The summed E-state index contributed by atoms with van der Waals surface area (Å²) in [6.07, 6.45) is 0. The third-order valence-corrected chi connectivity index (χ3v) is 4.39. The third-order valence-electron chi connectivity index (χ3n) is 3.36. The van der Waals surface area contributed by atoms with Crippen molar-refractivity contribution < 1.29 is 13.5 Å². The summed E-state index contributed by atoms with van der Waals surface area (Å²) in [6, 6.07) is 14.2. The van der Waals surface area contributed by atoms with Crippen molar-refractivity contribution in [1.82, 2.24) is 4.98 Å². The van der Waals surface area contributed by atoms with Gasteiger partial charge < -0.3 is 10.1 Å². The standard InChI is InChI=1S/C16H15N3O3S/c1-11-7-8-14-13(9-11)15(16(20)17-14)18-19-23(21,22)10-12-5-3-2-4-6-12/h2-9,17,20H,10H2,1H3. The number of rotatable bonds is 4. The maximum atomic E-state index is 12.1. The van der Waals surface area contributed by atoms with Crippen molar-refractivity contribution in [3.8, 4) is 5.88 Å². The van der Waals surface area contributed by atoms with Gasteiger partial charge in [-0.3, -0.25) is 0 Å². The summed E-state index contributed by atoms with van der Waals surface area (Å²) >= 11 is 0. The monoisotopic (exact) mass is 329 g/mol. The predicted molar refractivity (Wildman–Crippen MR) is 88.3 cm³/mol. The van der Waals surface area contributed by atoms with E-state index in [1.807, 2.05) is 25.1 Å². The summed E-state index contributed by atoms with van der Waals surface area (Å²) in [4.78, 5) is 2.75. The van der Waals surface area contributed by atoms with Crippen LogP contribution in [0.3, 0.4) is 0 Å². The summed E-state index contributed by atoms with van der Waals surface area (Å²) in [5, 5.41) is 14.3. The van der Waals surface area contributed by atoms with Crippen LogP contribution in [0.2, 0.25) is 0 Å². The van der Waals surface area contributed by atoms with E-state index in [9.17, 15) is 13.5 Å². The molecule has 0 amide bonds. The predicted octanol–water partition coefficient (Wildman–Crippen LogP) is 3.80. The average Bonchev–Trinajstić information content (AvgIpc) is 2.81. The molecule has 7 heteroatoms. The largest absolute Gasteiger partial charge is 0.493 e. The minimum Gasteiger partial charge on any atom is -0.493 e. The Bertz CT molecular complexity index is 976. The van der Waals surface area contributed by atoms with Gasteiger partial charge in [0.05, 0.1) is 11.3 Å². The zero-order valence-electron chi connectivity index (χ0n) is 12.4. The Morgan fingerprint density at radius 3 is 2.61 bits per heavy atom. The highest BCUT2D eigenvalue weighted by Gasteiger charge is 2.14. The van der Waals surface area contributed by atoms with E-state index >= 15 is 0 Å². The van der Waals surface area contributed by atoms with Crippen LogP contribution in [0.5, 0.6) is 5.88 Å². The lowest BCUT2D eigenvalue weighted by Crippen LogP contribution is -1.99. The molecule has 0 aliphatic heterocycles. The number of aromatic amines is 1. The van der Waals surface area contributed by atoms with Gasteiger partial charge >= 0.3 is 0 Å². The van der Waals surface area contributed by atoms with Crippen LogP contribution in [0.25, 0.3) is 10.9 Å². The average molecular weight is 329 g/mol. The number of aryl methyl sites for hydroxylation is 1. The molecule has 1 heterocycles. The highest BCUT2D eigenvalue weighted by molar-refractivity contribution is 7.89. The van der Waals surface area contributed by atoms with Crippen molar-refractivity contribution in [2.45, 2.75) is 12.7 Å². The molecule has 0 unspecified atom stereocenters. The van der Waals surface area contributed by atoms with E-state index in [1.54, 1.807) is 30.3 Å². The van der Waals surface area contributed by atoms with Gasteiger partial charge in [0, 0.05) is 5.39 Å². The van der Waals surface area contributed by atoms with Crippen LogP contribution < -0.4 is 0 Å². The van der Waals surface area contributed by atoms with Gasteiger partial charge in [0.2, 0.25) is 5.88 Å². The van der Waals surface area contributed by atoms with Gasteiger partial charge in [-0.25, -0.2) is 8.42 Å². The molecule has 0 saturated carbocycles. The zero-order valence-corrected chi connectivity index (χ0v) is 13.2. The minimum absolute atomic E-state index is 0.125. The fourth-order valence-electron chi connectivity index (χ4n) is 2.30. The van der Waals surface area contributed by atoms with E-state index in [2.05, 4.69) is 14.6 Å². The first-order valence-corrected chi connectivity index (χ1v) is 8.56. The smallest absolute Gasteiger partial charge is 0.274 e. The molecule has 0 atom stereocenters. The van der Waals surface area contributed by atoms with Crippen LogP contribution in [-0.2, 0) is 15.8 Å². The van der Waals surface area contributed by atoms with E-state index in [0.29, 0.717) is 16.5 Å². The number of sulfonamides is 1. The molecule has 0 bridgehead atoms. The topological polar surface area (TPSA) is 94.9 Å². The van der Waals surface area contributed by atoms with E-state index < -0.39 is 10.0 Å². The van der Waals surface area contributed by atoms with E-state index in [-0.39, 0.29) is 17.3 Å². The van der Waals surface area contributed by atoms with Crippen LogP contribution in [0, 0.1) is 6.92 Å². The molecular weight excluding hydrogens is 314 g/mol. The van der Waals surface area contributed by atoms with Crippen LogP contribution in [-0.4, -0.2) is 18.5 Å². The van der Waals surface area contributed by atoms with Gasteiger partial charge in [0.25, 0.3) is 10.0 Å². The van der Waals surface area contributed by atoms with Crippen molar-refractivity contribution in [3.63, 3.8) is 0 Å². The Morgan fingerprint density at radius 2 is 1.87 bits per heavy atom. The number of nitrogens with zero attached hydrogens (tertiary/aromatic N) is 2. The van der Waals surface area contributed by atoms with E-state index in [4.69, 9.17) is 0 Å². The first-order chi connectivity index (χ1) is 10.9. The molecule has 0 radical (unpaired) electrons. The Balaban J connectivity index is 1.93. The zero-order chi connectivity index (χ0) is 16.4. The molecule has 0 aliphatic rings. The molecule has 0 aliphatic carbocycles. The summed E-state index contributed by atoms with van der Waals surface area (Å²) in [6.45, 7) is 1.90. The van der Waals surface area contributed by atoms with Gasteiger partial charge in [0.15, 0.2) is 5.69 Å². The maximum Gasteiger partial charge on any atom is 0.274 e. The quantitative estimate of drug-likeness (QED) is 0.713. The molecule has 6 nitrogen and oxygen atoms in total. The number of hydrogen-bond acceptors (Lipinski definition) is 4. The second-order valence-corrected chi connectivity index (χ2v) is 6.88. The van der Waals surface area contributed by atoms with Crippen molar-refractivity contribution in [3.05, 3.63) is 59.7 Å². The molecule has 0 fully saturated rings. The van der Waals surface area contributed by atoms with Crippen LogP contribution in [0.1, 0.15) is 11.1 Å². The third kappa shape index (κ3) is 3.40. The summed E-state index contributed by atoms with van der Waals surface area (Å²) < 4.78 is 27.6. The fourth-order valence-corrected chi connectivity index (χ4v) is 3.17. The van der Waals surface area contributed by atoms with E-state index in [0.717, 1.165) is 5.56 Å². The van der Waals surface area contributed by atoms with Gasteiger partial charge in [-0.2, -0.15) is 0 Å². The van der Waals surface area contributed by atoms with Crippen molar-refractivity contribution in [1.29, 1.82) is 0 Å². The molecule has 0 spiro atoms. The minimum atomic E-state index is -3.77. The molecule has 2 N–H and O–H groups in total. The van der Waals surface area contributed by atoms with Crippen LogP contribution in [0.15, 0.2) is 58.2 Å². The number of aromatic hydroxyl groups is 1. The number of hydrogen-bond donors (Lipinski definition) is 2. The molecule has 2 aromatic carbocycles. The van der Waals surface area contributed by atoms with Gasteiger partial charge in [-0.15, -0.1) is 5.11 Å². The molecule has 23 heavy (non-hydrogen) atoms. The first kappa shape index (κ1) is 15.2. The molecule has 0 saturated heterocycles. The fraction of sp³-hybridized carbons (Fsp3) is 0.125. The Morgan fingerprint density at radius 1 is 1.13 bits per heavy atom. The summed E-state index contributed by atoms with van der Waals surface area (Å²) in [5.74, 6) is -0.441. The van der Waals surface area contributed by atoms with Gasteiger partial charge in [-0.1, -0.05) is 46.5 Å². The highest BCUT2D eigenvalue weighted by atomic mass is 32.2. The maximum absolute atomic E-state index is 12.1. The van der Waals surface area contributed by atoms with Crippen molar-refractivity contribution in [2.75, 3.05) is 0 Å². The number of H-pyrrole nitrogens is 1. The molecule has 118 valence electrons. The second-order valence-electron chi connectivity index (χ2n) is 5.26. The Kier molecular flexibility index (Phi) is 3.87. The second kappa shape index (κ2) is 5.85. The Hall–Kier alpha value is -2.67. The molecule has 3 aromatic rings. The Labute approximate surface area is 133 Å². The lowest BCUT2D eigenvalue weighted by atomic mass is 10.2. The van der Waals surface area contributed by atoms with Crippen molar-refractivity contribution >= 4 is 26.6 Å². The number of fused-ring (bicyclic) bond motifs is 1. The highest BCUT2D eigenvalue weighted by Crippen LogP contribution is 2.36. The summed E-state index contributed by atoms with van der Waals surface area (Å²) in [7, 11) is -3.77. The van der Waals surface area contributed by atoms with Gasteiger partial charge in [0.1, 0.15) is 0 Å². The normalized spacial score (nSPS) is 12.2. The van der Waals surface area contributed by atoms with Gasteiger partial charge in [-0.05, 0) is 24.6 Å². The molecule has 1 aromatic heterocycles. The number of nitrogens with one attached hydrogen (secondary N) is 1. The number of benzene rings is 2. The first-order valence-electron chi connectivity index (χ1n) is 6.95. The molecular formula is C16H15N3O3S. The molecule has 3 rings (SSSR count). The lowest BCUT2D eigenvalue weighted by molar-refractivity contribution is 0.459. The SMILES string of the molecule is Cc1ccc2[nH]c(O)c(N=NS(=O)(=O)Cc3ccccc3)c2c1. The lowest BCUT2D eigenvalue weighted by Gasteiger charge is -1.98.